The van der Waals surface area contributed by atoms with Gasteiger partial charge in [0.05, 0.1) is 0 Å². The van der Waals surface area contributed by atoms with Crippen LogP contribution >= 0.6 is 0 Å². The third-order valence-electron chi connectivity index (χ3n) is 3.57. The lowest BCUT2D eigenvalue weighted by atomic mass is 10.0. The molecule has 0 fully saturated rings. The molecular weight excluding hydrogens is 280 g/mol. The number of fused-ring (bicyclic) bond motifs is 1. The number of carbonyl (C=O) groups excluding carboxylic acids is 2. The SMILES string of the molecule is O=C1OC(=O)c2c(-c3ccccc3)oc(-c3ccccc3)c21. The molecule has 2 aromatic carbocycles. The maximum atomic E-state index is 12.0. The number of hydrogen-bond donors (Lipinski definition) is 0. The quantitative estimate of drug-likeness (QED) is 0.530. The Balaban J connectivity index is 2.01. The molecule has 1 aliphatic rings. The summed E-state index contributed by atoms with van der Waals surface area (Å²) < 4.78 is 10.6. The van der Waals surface area contributed by atoms with Gasteiger partial charge in [0.25, 0.3) is 0 Å². The van der Waals surface area contributed by atoms with E-state index < -0.39 is 11.9 Å². The van der Waals surface area contributed by atoms with Gasteiger partial charge in [-0.3, -0.25) is 0 Å². The van der Waals surface area contributed by atoms with Crippen molar-refractivity contribution in [2.75, 3.05) is 0 Å². The number of benzene rings is 2. The molecule has 0 unspecified atom stereocenters. The van der Waals surface area contributed by atoms with Gasteiger partial charge >= 0.3 is 11.9 Å². The second-order valence-corrected chi connectivity index (χ2v) is 4.92. The Labute approximate surface area is 126 Å². The van der Waals surface area contributed by atoms with Crippen molar-refractivity contribution >= 4 is 11.9 Å². The average molecular weight is 290 g/mol. The number of esters is 2. The number of carbonyl (C=O) groups is 2. The molecule has 0 atom stereocenters. The van der Waals surface area contributed by atoms with E-state index in [2.05, 4.69) is 0 Å². The zero-order valence-electron chi connectivity index (χ0n) is 11.4. The second kappa shape index (κ2) is 4.70. The molecule has 0 radical (unpaired) electrons. The van der Waals surface area contributed by atoms with Crippen molar-refractivity contribution in [3.05, 3.63) is 71.8 Å². The zero-order valence-corrected chi connectivity index (χ0v) is 11.4. The van der Waals surface area contributed by atoms with E-state index in [0.717, 1.165) is 11.1 Å². The Bertz CT molecular complexity index is 804. The highest BCUT2D eigenvalue weighted by Gasteiger charge is 2.40. The Morgan fingerprint density at radius 3 is 1.41 bits per heavy atom. The predicted molar refractivity (Wildman–Crippen MR) is 79.3 cm³/mol. The van der Waals surface area contributed by atoms with E-state index in [0.29, 0.717) is 11.5 Å². The van der Waals surface area contributed by atoms with Crippen LogP contribution in [0.2, 0.25) is 0 Å². The molecule has 3 aromatic rings. The summed E-state index contributed by atoms with van der Waals surface area (Å²) in [6.45, 7) is 0. The van der Waals surface area contributed by atoms with Crippen LogP contribution in [0.3, 0.4) is 0 Å². The predicted octanol–water partition coefficient (Wildman–Crippen LogP) is 3.92. The smallest absolute Gasteiger partial charge is 0.350 e. The van der Waals surface area contributed by atoms with Crippen LogP contribution in [-0.4, -0.2) is 11.9 Å². The number of hydrogen-bond acceptors (Lipinski definition) is 4. The van der Waals surface area contributed by atoms with Gasteiger partial charge in [-0.25, -0.2) is 9.59 Å². The molecule has 0 spiro atoms. The van der Waals surface area contributed by atoms with E-state index in [9.17, 15) is 9.59 Å². The van der Waals surface area contributed by atoms with Gasteiger partial charge in [-0.05, 0) is 0 Å². The van der Waals surface area contributed by atoms with Crippen molar-refractivity contribution in [1.29, 1.82) is 0 Å². The van der Waals surface area contributed by atoms with Gasteiger partial charge in [-0.15, -0.1) is 0 Å². The zero-order chi connectivity index (χ0) is 15.1. The van der Waals surface area contributed by atoms with Crippen LogP contribution in [0.1, 0.15) is 20.7 Å². The molecule has 22 heavy (non-hydrogen) atoms. The molecule has 0 amide bonds. The summed E-state index contributed by atoms with van der Waals surface area (Å²) in [5.74, 6) is -0.592. The fourth-order valence-corrected chi connectivity index (χ4v) is 2.59. The van der Waals surface area contributed by atoms with Gasteiger partial charge in [0.2, 0.25) is 0 Å². The molecule has 0 aliphatic carbocycles. The third kappa shape index (κ3) is 1.78. The molecule has 106 valence electrons. The fourth-order valence-electron chi connectivity index (χ4n) is 2.59. The minimum absolute atomic E-state index is 0.204. The minimum Gasteiger partial charge on any atom is -0.454 e. The van der Waals surface area contributed by atoms with Crippen molar-refractivity contribution in [1.82, 2.24) is 0 Å². The Morgan fingerprint density at radius 2 is 1.00 bits per heavy atom. The molecule has 0 N–H and O–H groups in total. The molecular formula is C18H10O4. The first kappa shape index (κ1) is 12.6. The van der Waals surface area contributed by atoms with Gasteiger partial charge in [0, 0.05) is 11.1 Å². The van der Waals surface area contributed by atoms with Crippen molar-refractivity contribution in [2.45, 2.75) is 0 Å². The van der Waals surface area contributed by atoms with Gasteiger partial charge in [0.1, 0.15) is 22.6 Å². The highest BCUT2D eigenvalue weighted by atomic mass is 16.6. The van der Waals surface area contributed by atoms with Crippen molar-refractivity contribution in [3.63, 3.8) is 0 Å². The van der Waals surface area contributed by atoms with Crippen LogP contribution in [0, 0.1) is 0 Å². The van der Waals surface area contributed by atoms with E-state index in [-0.39, 0.29) is 11.1 Å². The fraction of sp³-hybridized carbons (Fsp3) is 0. The lowest BCUT2D eigenvalue weighted by Gasteiger charge is -2.01. The molecule has 4 nitrogen and oxygen atoms in total. The summed E-state index contributed by atoms with van der Waals surface area (Å²) in [5.41, 5.74) is 1.87. The number of ether oxygens (including phenoxy) is 1. The van der Waals surface area contributed by atoms with E-state index in [1.165, 1.54) is 0 Å². The summed E-state index contributed by atoms with van der Waals surface area (Å²) in [6.07, 6.45) is 0. The molecule has 1 aromatic heterocycles. The van der Waals surface area contributed by atoms with Gasteiger partial charge < -0.3 is 9.15 Å². The third-order valence-corrected chi connectivity index (χ3v) is 3.57. The highest BCUT2D eigenvalue weighted by Crippen LogP contribution is 2.40. The summed E-state index contributed by atoms with van der Waals surface area (Å²) in [5, 5.41) is 0. The van der Waals surface area contributed by atoms with Gasteiger partial charge in [-0.1, -0.05) is 60.7 Å². The first-order valence-electron chi connectivity index (χ1n) is 6.80. The molecule has 0 saturated heterocycles. The topological polar surface area (TPSA) is 56.5 Å². The first-order chi connectivity index (χ1) is 10.8. The van der Waals surface area contributed by atoms with E-state index in [4.69, 9.17) is 9.15 Å². The van der Waals surface area contributed by atoms with Gasteiger partial charge in [0.15, 0.2) is 0 Å². The van der Waals surface area contributed by atoms with Crippen molar-refractivity contribution in [3.8, 4) is 22.6 Å². The summed E-state index contributed by atoms with van der Waals surface area (Å²) in [4.78, 5) is 24.0. The van der Waals surface area contributed by atoms with Crippen LogP contribution in [0.15, 0.2) is 65.1 Å². The minimum atomic E-state index is -0.662. The monoisotopic (exact) mass is 290 g/mol. The van der Waals surface area contributed by atoms with Crippen LogP contribution in [0.5, 0.6) is 0 Å². The van der Waals surface area contributed by atoms with Crippen molar-refractivity contribution in [2.24, 2.45) is 0 Å². The largest absolute Gasteiger partial charge is 0.454 e. The number of cyclic esters (lactones) is 2. The van der Waals surface area contributed by atoms with Crippen LogP contribution in [0.25, 0.3) is 22.6 Å². The van der Waals surface area contributed by atoms with Crippen LogP contribution in [0.4, 0.5) is 0 Å². The highest BCUT2D eigenvalue weighted by molar-refractivity contribution is 6.20. The number of rotatable bonds is 2. The standard InChI is InChI=1S/C18H10O4/c19-17-13-14(18(20)22-17)16(12-9-5-2-6-10-12)21-15(13)11-7-3-1-4-8-11/h1-10H. The molecule has 0 saturated carbocycles. The second-order valence-electron chi connectivity index (χ2n) is 4.92. The van der Waals surface area contributed by atoms with E-state index >= 15 is 0 Å². The maximum Gasteiger partial charge on any atom is 0.350 e. The van der Waals surface area contributed by atoms with Gasteiger partial charge in [-0.2, -0.15) is 0 Å². The normalized spacial score (nSPS) is 13.1. The molecule has 2 heterocycles. The lowest BCUT2D eigenvalue weighted by Crippen LogP contribution is -1.99. The van der Waals surface area contributed by atoms with Crippen LogP contribution in [-0.2, 0) is 4.74 Å². The Kier molecular flexibility index (Phi) is 2.69. The number of furan rings is 1. The molecule has 4 heteroatoms. The van der Waals surface area contributed by atoms with E-state index in [1.54, 1.807) is 0 Å². The Morgan fingerprint density at radius 1 is 0.591 bits per heavy atom. The summed E-state index contributed by atoms with van der Waals surface area (Å²) >= 11 is 0. The maximum absolute atomic E-state index is 12.0. The molecule has 1 aliphatic heterocycles. The Hall–Kier alpha value is -3.14. The first-order valence-corrected chi connectivity index (χ1v) is 6.80. The van der Waals surface area contributed by atoms with E-state index in [1.807, 2.05) is 60.7 Å². The van der Waals surface area contributed by atoms with Crippen molar-refractivity contribution < 1.29 is 18.7 Å². The molecule has 4 rings (SSSR count). The average Bonchev–Trinajstić information content (AvgIpc) is 3.09. The molecule has 0 bridgehead atoms. The van der Waals surface area contributed by atoms with Crippen LogP contribution < -0.4 is 0 Å². The summed E-state index contributed by atoms with van der Waals surface area (Å²) in [6, 6.07) is 18.4. The summed E-state index contributed by atoms with van der Waals surface area (Å²) in [7, 11) is 0. The lowest BCUT2D eigenvalue weighted by molar-refractivity contribution is 0.0441.